The Balaban J connectivity index is 1.54. The SMILES string of the molecule is O=C(CNS(=O)(=O)c1cccc(C(F)(F)F)c1)NCc1nc(C2CC2)no1. The molecule has 8 nitrogen and oxygen atoms in total. The first-order valence-electron chi connectivity index (χ1n) is 7.91. The maximum absolute atomic E-state index is 12.7. The molecular weight excluding hydrogens is 389 g/mol. The van der Waals surface area contributed by atoms with Crippen molar-refractivity contribution in [2.24, 2.45) is 0 Å². The van der Waals surface area contributed by atoms with E-state index in [1.807, 2.05) is 4.72 Å². The number of hydrogen-bond donors (Lipinski definition) is 2. The Hall–Kier alpha value is -2.47. The van der Waals surface area contributed by atoms with Gasteiger partial charge >= 0.3 is 6.18 Å². The van der Waals surface area contributed by atoms with Gasteiger partial charge in [-0.3, -0.25) is 4.79 Å². The van der Waals surface area contributed by atoms with E-state index in [0.29, 0.717) is 11.9 Å². The smallest absolute Gasteiger partial charge is 0.346 e. The molecule has 1 heterocycles. The van der Waals surface area contributed by atoms with Crippen molar-refractivity contribution in [2.45, 2.75) is 36.4 Å². The van der Waals surface area contributed by atoms with Crippen molar-refractivity contribution in [3.63, 3.8) is 0 Å². The van der Waals surface area contributed by atoms with Crippen LogP contribution in [0.2, 0.25) is 0 Å². The second-order valence-electron chi connectivity index (χ2n) is 5.95. The molecule has 0 spiro atoms. The van der Waals surface area contributed by atoms with Crippen molar-refractivity contribution < 1.29 is 30.9 Å². The summed E-state index contributed by atoms with van der Waals surface area (Å²) in [7, 11) is -4.28. The quantitative estimate of drug-likeness (QED) is 0.724. The van der Waals surface area contributed by atoms with Gasteiger partial charge in [-0.25, -0.2) is 13.1 Å². The topological polar surface area (TPSA) is 114 Å². The van der Waals surface area contributed by atoms with Crippen LogP contribution in [0.25, 0.3) is 0 Å². The minimum Gasteiger partial charge on any atom is -0.346 e. The molecule has 2 aromatic rings. The molecule has 0 saturated heterocycles. The molecule has 1 aliphatic carbocycles. The van der Waals surface area contributed by atoms with Crippen LogP contribution in [0.3, 0.4) is 0 Å². The fraction of sp³-hybridized carbons (Fsp3) is 0.400. The van der Waals surface area contributed by atoms with Gasteiger partial charge in [-0.15, -0.1) is 0 Å². The molecule has 0 bridgehead atoms. The Morgan fingerprint density at radius 1 is 1.30 bits per heavy atom. The minimum absolute atomic E-state index is 0.0795. The van der Waals surface area contributed by atoms with Crippen LogP contribution in [0.1, 0.15) is 36.0 Å². The van der Waals surface area contributed by atoms with Gasteiger partial charge in [-0.1, -0.05) is 11.2 Å². The Morgan fingerprint density at radius 2 is 2.04 bits per heavy atom. The molecular formula is C15H15F3N4O4S. The van der Waals surface area contributed by atoms with Gasteiger partial charge in [0.25, 0.3) is 0 Å². The van der Waals surface area contributed by atoms with Gasteiger partial charge in [-0.2, -0.15) is 18.2 Å². The Kier molecular flexibility index (Phi) is 5.20. The zero-order valence-electron chi connectivity index (χ0n) is 13.8. The number of rotatable bonds is 7. The molecule has 0 unspecified atom stereocenters. The fourth-order valence-electron chi connectivity index (χ4n) is 2.17. The molecule has 1 fully saturated rings. The summed E-state index contributed by atoms with van der Waals surface area (Å²) in [5, 5.41) is 6.16. The van der Waals surface area contributed by atoms with Crippen molar-refractivity contribution in [2.75, 3.05) is 6.54 Å². The Labute approximate surface area is 152 Å². The van der Waals surface area contributed by atoms with E-state index in [1.54, 1.807) is 0 Å². The monoisotopic (exact) mass is 404 g/mol. The summed E-state index contributed by atoms with van der Waals surface area (Å²) in [4.78, 5) is 15.3. The largest absolute Gasteiger partial charge is 0.416 e. The van der Waals surface area contributed by atoms with Crippen LogP contribution in [0.4, 0.5) is 13.2 Å². The van der Waals surface area contributed by atoms with Gasteiger partial charge in [0.1, 0.15) is 0 Å². The Bertz CT molecular complexity index is 939. The average molecular weight is 404 g/mol. The molecule has 0 radical (unpaired) electrons. The van der Waals surface area contributed by atoms with Gasteiger partial charge in [-0.05, 0) is 31.0 Å². The summed E-state index contributed by atoms with van der Waals surface area (Å²) in [5.41, 5.74) is -1.10. The van der Waals surface area contributed by atoms with Crippen LogP contribution in [0, 0.1) is 0 Å². The molecule has 0 aliphatic heterocycles. The summed E-state index contributed by atoms with van der Waals surface area (Å²) in [6.45, 7) is -0.730. The van der Waals surface area contributed by atoms with Crippen molar-refractivity contribution in [1.82, 2.24) is 20.2 Å². The number of carbonyl (C=O) groups is 1. The van der Waals surface area contributed by atoms with E-state index < -0.39 is 39.1 Å². The molecule has 1 aliphatic rings. The third kappa shape index (κ3) is 5.04. The van der Waals surface area contributed by atoms with Gasteiger partial charge in [0.15, 0.2) is 5.82 Å². The van der Waals surface area contributed by atoms with Gasteiger partial charge in [0.05, 0.1) is 23.5 Å². The molecule has 1 saturated carbocycles. The molecule has 146 valence electrons. The first-order chi connectivity index (χ1) is 12.6. The van der Waals surface area contributed by atoms with E-state index >= 15 is 0 Å². The highest BCUT2D eigenvalue weighted by Crippen LogP contribution is 2.38. The first kappa shape index (κ1) is 19.3. The molecule has 0 atom stereocenters. The number of amides is 1. The number of aromatic nitrogens is 2. The predicted octanol–water partition coefficient (Wildman–Crippen LogP) is 1.56. The third-order valence-corrected chi connectivity index (χ3v) is 5.16. The normalized spacial score (nSPS) is 14.9. The summed E-state index contributed by atoms with van der Waals surface area (Å²) >= 11 is 0. The molecule has 2 N–H and O–H groups in total. The lowest BCUT2D eigenvalue weighted by molar-refractivity contribution is -0.137. The average Bonchev–Trinajstić information content (AvgIpc) is 3.36. The van der Waals surface area contributed by atoms with E-state index in [0.717, 1.165) is 31.0 Å². The molecule has 1 aromatic carbocycles. The van der Waals surface area contributed by atoms with Crippen molar-refractivity contribution in [1.29, 1.82) is 0 Å². The van der Waals surface area contributed by atoms with Crippen molar-refractivity contribution in [3.05, 3.63) is 41.5 Å². The van der Waals surface area contributed by atoms with E-state index in [1.165, 1.54) is 0 Å². The summed E-state index contributed by atoms with van der Waals surface area (Å²) in [6.07, 6.45) is -2.70. The summed E-state index contributed by atoms with van der Waals surface area (Å²) < 4.78 is 69.1. The molecule has 1 aromatic heterocycles. The standard InChI is InChI=1S/C15H15F3N4O4S/c16-15(17,18)10-2-1-3-11(6-10)27(24,25)20-7-12(23)19-8-13-21-14(22-26-13)9-4-5-9/h1-3,6,9,20H,4-5,7-8H2,(H,19,23). The highest BCUT2D eigenvalue weighted by molar-refractivity contribution is 7.89. The molecule has 1 amide bonds. The number of carbonyl (C=O) groups excluding carboxylic acids is 1. The third-order valence-electron chi connectivity index (χ3n) is 3.76. The van der Waals surface area contributed by atoms with Crippen LogP contribution < -0.4 is 10.0 Å². The van der Waals surface area contributed by atoms with Crippen molar-refractivity contribution in [3.8, 4) is 0 Å². The number of nitrogens with zero attached hydrogens (tertiary/aromatic N) is 2. The highest BCUT2D eigenvalue weighted by atomic mass is 32.2. The second-order valence-corrected chi connectivity index (χ2v) is 7.71. The number of halogens is 3. The fourth-order valence-corrected chi connectivity index (χ4v) is 3.19. The van der Waals surface area contributed by atoms with Crippen LogP contribution >= 0.6 is 0 Å². The molecule has 3 rings (SSSR count). The van der Waals surface area contributed by atoms with Crippen LogP contribution in [-0.2, 0) is 27.5 Å². The highest BCUT2D eigenvalue weighted by Gasteiger charge is 2.32. The zero-order chi connectivity index (χ0) is 19.7. The number of benzene rings is 1. The first-order valence-corrected chi connectivity index (χ1v) is 9.39. The molecule has 27 heavy (non-hydrogen) atoms. The minimum atomic E-state index is -4.67. The van der Waals surface area contributed by atoms with Crippen LogP contribution in [0.15, 0.2) is 33.7 Å². The maximum atomic E-state index is 12.7. The molecule has 12 heteroatoms. The van der Waals surface area contributed by atoms with E-state index in [-0.39, 0.29) is 18.4 Å². The lowest BCUT2D eigenvalue weighted by atomic mass is 10.2. The summed E-state index contributed by atoms with van der Waals surface area (Å²) in [6, 6.07) is 3.24. The number of nitrogens with one attached hydrogen (secondary N) is 2. The number of hydrogen-bond acceptors (Lipinski definition) is 6. The number of sulfonamides is 1. The summed E-state index contributed by atoms with van der Waals surface area (Å²) in [5.74, 6) is 0.352. The maximum Gasteiger partial charge on any atom is 0.416 e. The van der Waals surface area contributed by atoms with Crippen LogP contribution in [-0.4, -0.2) is 31.0 Å². The van der Waals surface area contributed by atoms with Gasteiger partial charge in [0.2, 0.25) is 21.8 Å². The zero-order valence-corrected chi connectivity index (χ0v) is 14.6. The van der Waals surface area contributed by atoms with E-state index in [4.69, 9.17) is 4.52 Å². The van der Waals surface area contributed by atoms with E-state index in [2.05, 4.69) is 15.5 Å². The van der Waals surface area contributed by atoms with Crippen molar-refractivity contribution >= 4 is 15.9 Å². The lowest BCUT2D eigenvalue weighted by Crippen LogP contribution is -2.36. The van der Waals surface area contributed by atoms with Crippen LogP contribution in [0.5, 0.6) is 0 Å². The second kappa shape index (κ2) is 7.27. The number of alkyl halides is 3. The Morgan fingerprint density at radius 3 is 2.70 bits per heavy atom. The van der Waals surface area contributed by atoms with Gasteiger partial charge < -0.3 is 9.84 Å². The van der Waals surface area contributed by atoms with Gasteiger partial charge in [0, 0.05) is 5.92 Å². The van der Waals surface area contributed by atoms with E-state index in [9.17, 15) is 26.4 Å². The lowest BCUT2D eigenvalue weighted by Gasteiger charge is -2.10. The predicted molar refractivity (Wildman–Crippen MR) is 84.8 cm³/mol.